The van der Waals surface area contributed by atoms with Gasteiger partial charge in [0.2, 0.25) is 0 Å². The van der Waals surface area contributed by atoms with E-state index in [0.29, 0.717) is 28.7 Å². The van der Waals surface area contributed by atoms with Crippen molar-refractivity contribution in [2.45, 2.75) is 66.2 Å². The Labute approximate surface area is 189 Å². The summed E-state index contributed by atoms with van der Waals surface area (Å²) >= 11 is 1.50. The van der Waals surface area contributed by atoms with Gasteiger partial charge < -0.3 is 15.8 Å². The molecule has 1 aliphatic carbocycles. The number of fused-ring (bicyclic) bond motifs is 1. The minimum Gasteiger partial charge on any atom is -0.494 e. The molecule has 2 aromatic rings. The van der Waals surface area contributed by atoms with Crippen LogP contribution in [0.15, 0.2) is 24.3 Å². The average Bonchev–Trinajstić information content (AvgIpc) is 3.11. The first-order valence-corrected chi connectivity index (χ1v) is 12.1. The van der Waals surface area contributed by atoms with Gasteiger partial charge in [-0.3, -0.25) is 9.59 Å². The number of anilines is 1. The molecule has 0 unspecified atom stereocenters. The lowest BCUT2D eigenvalue weighted by Gasteiger charge is -2.36. The Morgan fingerprint density at radius 1 is 1.23 bits per heavy atom. The Hall–Kier alpha value is -2.34. The van der Waals surface area contributed by atoms with Gasteiger partial charge in [0, 0.05) is 10.4 Å². The number of carbonyl (C=O) groups is 2. The van der Waals surface area contributed by atoms with E-state index in [2.05, 4.69) is 33.0 Å². The molecule has 1 aliphatic rings. The Kier molecular flexibility index (Phi) is 7.42. The van der Waals surface area contributed by atoms with Crippen molar-refractivity contribution >= 4 is 28.2 Å². The monoisotopic (exact) mass is 442 g/mol. The lowest BCUT2D eigenvalue weighted by atomic mass is 9.69. The summed E-state index contributed by atoms with van der Waals surface area (Å²) in [4.78, 5) is 26.3. The number of amides is 2. The average molecular weight is 443 g/mol. The second-order valence-electron chi connectivity index (χ2n) is 9.03. The van der Waals surface area contributed by atoms with Crippen molar-refractivity contribution in [1.82, 2.24) is 0 Å². The van der Waals surface area contributed by atoms with Gasteiger partial charge in [0.05, 0.1) is 12.2 Å². The van der Waals surface area contributed by atoms with Gasteiger partial charge in [-0.25, -0.2) is 0 Å². The molecule has 1 aromatic carbocycles. The second-order valence-corrected chi connectivity index (χ2v) is 10.1. The van der Waals surface area contributed by atoms with E-state index in [0.717, 1.165) is 49.8 Å². The van der Waals surface area contributed by atoms with Crippen LogP contribution >= 0.6 is 11.3 Å². The van der Waals surface area contributed by atoms with Crippen LogP contribution in [-0.4, -0.2) is 18.4 Å². The molecule has 168 valence electrons. The molecule has 0 saturated heterocycles. The summed E-state index contributed by atoms with van der Waals surface area (Å²) in [5.41, 5.74) is 8.00. The number of thiophene rings is 1. The van der Waals surface area contributed by atoms with Crippen LogP contribution in [0.2, 0.25) is 0 Å². The number of ether oxygens (including phenoxy) is 1. The highest BCUT2D eigenvalue weighted by Crippen LogP contribution is 2.45. The van der Waals surface area contributed by atoms with Gasteiger partial charge in [-0.05, 0) is 66.8 Å². The summed E-state index contributed by atoms with van der Waals surface area (Å²) in [6.07, 6.45) is 5.99. The number of nitrogens with one attached hydrogen (secondary N) is 1. The van der Waals surface area contributed by atoms with Crippen molar-refractivity contribution in [3.8, 4) is 5.75 Å². The van der Waals surface area contributed by atoms with Crippen LogP contribution in [-0.2, 0) is 12.8 Å². The quantitative estimate of drug-likeness (QED) is 0.480. The Balaban J connectivity index is 1.77. The first-order chi connectivity index (χ1) is 14.8. The molecule has 0 fully saturated rings. The van der Waals surface area contributed by atoms with Gasteiger partial charge in [0.15, 0.2) is 0 Å². The van der Waals surface area contributed by atoms with Crippen molar-refractivity contribution in [2.24, 2.45) is 17.1 Å². The fourth-order valence-electron chi connectivity index (χ4n) is 4.10. The largest absolute Gasteiger partial charge is 0.494 e. The zero-order valence-electron chi connectivity index (χ0n) is 19.0. The van der Waals surface area contributed by atoms with Crippen molar-refractivity contribution in [3.05, 3.63) is 45.8 Å². The summed E-state index contributed by atoms with van der Waals surface area (Å²) in [6, 6.07) is 7.09. The molecule has 3 N–H and O–H groups in total. The SMILES string of the molecule is CCCCOc1ccc(C(=O)Nc2sc3c(c2C(N)=O)CC[C@@H](C(C)(C)CC)C3)cc1. The number of benzene rings is 1. The van der Waals surface area contributed by atoms with Gasteiger partial charge in [0.25, 0.3) is 11.8 Å². The molecular weight excluding hydrogens is 408 g/mol. The number of rotatable bonds is 9. The van der Waals surface area contributed by atoms with Gasteiger partial charge in [-0.15, -0.1) is 11.3 Å². The maximum atomic E-state index is 12.8. The minimum atomic E-state index is -0.472. The number of carbonyl (C=O) groups excluding carboxylic acids is 2. The predicted molar refractivity (Wildman–Crippen MR) is 127 cm³/mol. The van der Waals surface area contributed by atoms with Crippen LogP contribution in [0.4, 0.5) is 5.00 Å². The molecule has 0 saturated carbocycles. The fourth-order valence-corrected chi connectivity index (χ4v) is 5.43. The number of hydrogen-bond acceptors (Lipinski definition) is 4. The van der Waals surface area contributed by atoms with E-state index in [1.807, 2.05) is 0 Å². The molecule has 0 bridgehead atoms. The molecule has 31 heavy (non-hydrogen) atoms. The molecule has 1 aromatic heterocycles. The van der Waals surface area contributed by atoms with Gasteiger partial charge in [-0.1, -0.05) is 40.5 Å². The molecule has 5 nitrogen and oxygen atoms in total. The molecule has 1 heterocycles. The lowest BCUT2D eigenvalue weighted by molar-refractivity contribution is 0.0999. The maximum Gasteiger partial charge on any atom is 0.256 e. The third-order valence-electron chi connectivity index (χ3n) is 6.64. The predicted octanol–water partition coefficient (Wildman–Crippen LogP) is 5.82. The van der Waals surface area contributed by atoms with E-state index >= 15 is 0 Å². The topological polar surface area (TPSA) is 81.4 Å². The first-order valence-electron chi connectivity index (χ1n) is 11.2. The molecule has 0 aliphatic heterocycles. The molecule has 1 atom stereocenters. The summed E-state index contributed by atoms with van der Waals surface area (Å²) < 4.78 is 5.66. The van der Waals surface area contributed by atoms with E-state index in [1.165, 1.54) is 16.2 Å². The van der Waals surface area contributed by atoms with Crippen molar-refractivity contribution in [1.29, 1.82) is 0 Å². The summed E-state index contributed by atoms with van der Waals surface area (Å²) in [5.74, 6) is 0.597. The third-order valence-corrected chi connectivity index (χ3v) is 7.81. The van der Waals surface area contributed by atoms with Crippen LogP contribution < -0.4 is 15.8 Å². The van der Waals surface area contributed by atoms with Gasteiger partial charge >= 0.3 is 0 Å². The number of hydrogen-bond donors (Lipinski definition) is 2. The van der Waals surface area contributed by atoms with Crippen molar-refractivity contribution in [3.63, 3.8) is 0 Å². The fraction of sp³-hybridized carbons (Fsp3) is 0.520. The van der Waals surface area contributed by atoms with E-state index in [1.54, 1.807) is 24.3 Å². The zero-order valence-corrected chi connectivity index (χ0v) is 19.9. The smallest absolute Gasteiger partial charge is 0.256 e. The van der Waals surface area contributed by atoms with Gasteiger partial charge in [0.1, 0.15) is 10.8 Å². The Morgan fingerprint density at radius 2 is 1.94 bits per heavy atom. The van der Waals surface area contributed by atoms with Crippen molar-refractivity contribution in [2.75, 3.05) is 11.9 Å². The van der Waals surface area contributed by atoms with Crippen LogP contribution in [0.5, 0.6) is 5.75 Å². The van der Waals surface area contributed by atoms with E-state index in [9.17, 15) is 9.59 Å². The van der Waals surface area contributed by atoms with E-state index < -0.39 is 5.91 Å². The Morgan fingerprint density at radius 3 is 2.55 bits per heavy atom. The summed E-state index contributed by atoms with van der Waals surface area (Å²) in [7, 11) is 0. The standard InChI is InChI=1S/C25H34N2O3S/c1-5-7-14-30-18-11-8-16(9-12-18)23(29)27-24-21(22(26)28)19-13-10-17(15-20(19)31-24)25(3,4)6-2/h8-9,11-12,17H,5-7,10,13-15H2,1-4H3,(H2,26,28)(H,27,29)/t17-/m1/s1. The second kappa shape index (κ2) is 9.86. The van der Waals surface area contributed by atoms with E-state index in [4.69, 9.17) is 10.5 Å². The normalized spacial score (nSPS) is 15.9. The maximum absolute atomic E-state index is 12.8. The highest BCUT2D eigenvalue weighted by atomic mass is 32.1. The third kappa shape index (κ3) is 5.29. The molecule has 0 radical (unpaired) electrons. The minimum absolute atomic E-state index is 0.244. The van der Waals surface area contributed by atoms with Crippen LogP contribution in [0.1, 0.15) is 84.5 Å². The van der Waals surface area contributed by atoms with Crippen molar-refractivity contribution < 1.29 is 14.3 Å². The first kappa shape index (κ1) is 23.3. The highest BCUT2D eigenvalue weighted by molar-refractivity contribution is 7.17. The number of nitrogens with two attached hydrogens (primary N) is 1. The number of primary amides is 1. The Bertz CT molecular complexity index is 931. The van der Waals surface area contributed by atoms with E-state index in [-0.39, 0.29) is 11.3 Å². The molecule has 6 heteroatoms. The summed E-state index contributed by atoms with van der Waals surface area (Å²) in [5, 5.41) is 3.51. The number of unbranched alkanes of at least 4 members (excludes halogenated alkanes) is 1. The molecule has 3 rings (SSSR count). The zero-order chi connectivity index (χ0) is 22.6. The van der Waals surface area contributed by atoms with Crippen LogP contribution in [0.3, 0.4) is 0 Å². The molecular formula is C25H34N2O3S. The molecule has 0 spiro atoms. The van der Waals surface area contributed by atoms with Crippen LogP contribution in [0, 0.1) is 11.3 Å². The highest BCUT2D eigenvalue weighted by Gasteiger charge is 2.35. The summed E-state index contributed by atoms with van der Waals surface area (Å²) in [6.45, 7) is 9.63. The van der Waals surface area contributed by atoms with Crippen LogP contribution in [0.25, 0.3) is 0 Å². The van der Waals surface area contributed by atoms with Gasteiger partial charge in [-0.2, -0.15) is 0 Å². The molecule has 2 amide bonds. The lowest BCUT2D eigenvalue weighted by Crippen LogP contribution is -2.29.